The maximum absolute atomic E-state index is 13.0. The van der Waals surface area contributed by atoms with Gasteiger partial charge in [-0.3, -0.25) is 0 Å². The summed E-state index contributed by atoms with van der Waals surface area (Å²) in [6.45, 7) is 4.03. The maximum atomic E-state index is 13.0. The van der Waals surface area contributed by atoms with Gasteiger partial charge in [-0.2, -0.15) is 4.31 Å². The number of hydrogen-bond donors (Lipinski definition) is 1. The van der Waals surface area contributed by atoms with E-state index in [9.17, 15) is 8.42 Å². The van der Waals surface area contributed by atoms with Gasteiger partial charge in [-0.1, -0.05) is 6.92 Å². The minimum atomic E-state index is -3.58. The zero-order valence-corrected chi connectivity index (χ0v) is 14.2. The molecule has 1 fully saturated rings. The van der Waals surface area contributed by atoms with Gasteiger partial charge in [0.15, 0.2) is 11.5 Å². The Hall–Kier alpha value is -1.31. The van der Waals surface area contributed by atoms with Crippen LogP contribution in [0.25, 0.3) is 0 Å². The number of nitrogens with zero attached hydrogens (tertiary/aromatic N) is 1. The smallest absolute Gasteiger partial charge is 0.243 e. The highest BCUT2D eigenvalue weighted by atomic mass is 32.2. The lowest BCUT2D eigenvalue weighted by atomic mass is 9.93. The highest BCUT2D eigenvalue weighted by Crippen LogP contribution is 2.35. The van der Waals surface area contributed by atoms with Crippen LogP contribution in [0.2, 0.25) is 0 Å². The van der Waals surface area contributed by atoms with Gasteiger partial charge in [-0.15, -0.1) is 0 Å². The largest absolute Gasteiger partial charge is 0.490 e. The lowest BCUT2D eigenvalue weighted by Crippen LogP contribution is -2.51. The molecule has 0 spiro atoms. The van der Waals surface area contributed by atoms with Crippen LogP contribution in [0.3, 0.4) is 0 Å². The lowest BCUT2D eigenvalue weighted by molar-refractivity contribution is 0.192. The van der Waals surface area contributed by atoms with Crippen molar-refractivity contribution >= 4 is 10.0 Å². The Morgan fingerprint density at radius 3 is 2.70 bits per heavy atom. The predicted molar refractivity (Wildman–Crippen MR) is 87.2 cm³/mol. The van der Waals surface area contributed by atoms with E-state index in [2.05, 4.69) is 6.92 Å². The van der Waals surface area contributed by atoms with Gasteiger partial charge in [0.1, 0.15) is 0 Å². The van der Waals surface area contributed by atoms with E-state index in [0.717, 1.165) is 19.3 Å². The van der Waals surface area contributed by atoms with E-state index in [1.165, 1.54) is 0 Å². The first-order chi connectivity index (χ1) is 11.0. The molecule has 2 N–H and O–H groups in total. The molecule has 0 aromatic heterocycles. The first kappa shape index (κ1) is 16.5. The van der Waals surface area contributed by atoms with Crippen LogP contribution in [-0.4, -0.2) is 45.1 Å². The Bertz CT molecular complexity index is 662. The second-order valence-electron chi connectivity index (χ2n) is 6.20. The van der Waals surface area contributed by atoms with Gasteiger partial charge in [0.25, 0.3) is 0 Å². The van der Waals surface area contributed by atoms with Crippen LogP contribution in [0.5, 0.6) is 11.5 Å². The van der Waals surface area contributed by atoms with Crippen LogP contribution in [0, 0.1) is 5.92 Å². The van der Waals surface area contributed by atoms with E-state index in [-0.39, 0.29) is 16.9 Å². The molecule has 1 aromatic carbocycles. The summed E-state index contributed by atoms with van der Waals surface area (Å²) in [6.07, 6.45) is 2.66. The van der Waals surface area contributed by atoms with Gasteiger partial charge in [0.05, 0.1) is 18.1 Å². The molecule has 0 saturated carbocycles. The monoisotopic (exact) mass is 340 g/mol. The van der Waals surface area contributed by atoms with E-state index in [1.54, 1.807) is 22.5 Å². The summed E-state index contributed by atoms with van der Waals surface area (Å²) in [5.41, 5.74) is 5.84. The molecule has 1 aromatic rings. The summed E-state index contributed by atoms with van der Waals surface area (Å²) in [7, 11) is -3.58. The highest BCUT2D eigenvalue weighted by Gasteiger charge is 2.36. The third-order valence-electron chi connectivity index (χ3n) is 4.63. The molecule has 0 bridgehead atoms. The Morgan fingerprint density at radius 2 is 1.96 bits per heavy atom. The highest BCUT2D eigenvalue weighted by molar-refractivity contribution is 7.89. The fourth-order valence-corrected chi connectivity index (χ4v) is 5.09. The number of ether oxygens (including phenoxy) is 2. The third kappa shape index (κ3) is 3.18. The van der Waals surface area contributed by atoms with Crippen LogP contribution in [-0.2, 0) is 10.0 Å². The number of fused-ring (bicyclic) bond motifs is 1. The van der Waals surface area contributed by atoms with E-state index in [1.807, 2.05) is 0 Å². The molecule has 128 valence electrons. The van der Waals surface area contributed by atoms with Crippen molar-refractivity contribution in [1.29, 1.82) is 0 Å². The van der Waals surface area contributed by atoms with Crippen LogP contribution >= 0.6 is 0 Å². The molecule has 1 saturated heterocycles. The minimum Gasteiger partial charge on any atom is -0.490 e. The molecular formula is C16H24N2O4S. The molecule has 6 nitrogen and oxygen atoms in total. The molecule has 3 rings (SSSR count). The Morgan fingerprint density at radius 1 is 1.22 bits per heavy atom. The molecule has 0 aliphatic carbocycles. The standard InChI is InChI=1S/C16H24N2O4S/c1-12-4-2-7-18(14(12)11-17)23(19,20)13-5-6-15-16(10-13)22-9-3-8-21-15/h5-6,10,12,14H,2-4,7-9,11,17H2,1H3/t12-,14+/m1/s1. The van der Waals surface area contributed by atoms with Crippen LogP contribution in [0.4, 0.5) is 0 Å². The first-order valence-corrected chi connectivity index (χ1v) is 9.59. The lowest BCUT2D eigenvalue weighted by Gasteiger charge is -2.38. The van der Waals surface area contributed by atoms with E-state index >= 15 is 0 Å². The van der Waals surface area contributed by atoms with Crippen molar-refractivity contribution < 1.29 is 17.9 Å². The average molecular weight is 340 g/mol. The molecule has 0 amide bonds. The van der Waals surface area contributed by atoms with Gasteiger partial charge >= 0.3 is 0 Å². The van der Waals surface area contributed by atoms with Crippen molar-refractivity contribution in [3.05, 3.63) is 18.2 Å². The van der Waals surface area contributed by atoms with Crippen molar-refractivity contribution in [2.24, 2.45) is 11.7 Å². The number of nitrogens with two attached hydrogens (primary N) is 1. The van der Waals surface area contributed by atoms with Crippen molar-refractivity contribution in [3.63, 3.8) is 0 Å². The quantitative estimate of drug-likeness (QED) is 0.904. The third-order valence-corrected chi connectivity index (χ3v) is 6.55. The molecule has 2 atom stereocenters. The average Bonchev–Trinajstić information content (AvgIpc) is 2.79. The molecule has 0 unspecified atom stereocenters. The zero-order valence-electron chi connectivity index (χ0n) is 13.4. The molecule has 0 radical (unpaired) electrons. The number of rotatable bonds is 3. The van der Waals surface area contributed by atoms with E-state index < -0.39 is 10.0 Å². The van der Waals surface area contributed by atoms with Crippen molar-refractivity contribution in [3.8, 4) is 11.5 Å². The van der Waals surface area contributed by atoms with Gasteiger partial charge in [-0.25, -0.2) is 8.42 Å². The van der Waals surface area contributed by atoms with Gasteiger partial charge in [0.2, 0.25) is 10.0 Å². The van der Waals surface area contributed by atoms with Crippen LogP contribution < -0.4 is 15.2 Å². The van der Waals surface area contributed by atoms with Crippen molar-refractivity contribution in [2.45, 2.75) is 37.1 Å². The fraction of sp³-hybridized carbons (Fsp3) is 0.625. The van der Waals surface area contributed by atoms with Gasteiger partial charge in [0, 0.05) is 31.6 Å². The second-order valence-corrected chi connectivity index (χ2v) is 8.09. The Kier molecular flexibility index (Phi) is 4.79. The Labute approximate surface area is 137 Å². The minimum absolute atomic E-state index is 0.148. The topological polar surface area (TPSA) is 81.9 Å². The van der Waals surface area contributed by atoms with Gasteiger partial charge < -0.3 is 15.2 Å². The van der Waals surface area contributed by atoms with E-state index in [0.29, 0.717) is 37.8 Å². The Balaban J connectivity index is 1.94. The van der Waals surface area contributed by atoms with E-state index in [4.69, 9.17) is 15.2 Å². The SMILES string of the molecule is C[C@@H]1CCCN(S(=O)(=O)c2ccc3c(c2)OCCCO3)[C@H]1CN. The predicted octanol–water partition coefficient (Wildman–Crippen LogP) is 1.60. The van der Waals surface area contributed by atoms with Gasteiger partial charge in [-0.05, 0) is 30.9 Å². The summed E-state index contributed by atoms with van der Waals surface area (Å²) in [5, 5.41) is 0. The number of hydrogen-bond acceptors (Lipinski definition) is 5. The molecule has 7 heteroatoms. The number of benzene rings is 1. The maximum Gasteiger partial charge on any atom is 0.243 e. The first-order valence-electron chi connectivity index (χ1n) is 8.15. The summed E-state index contributed by atoms with van der Waals surface area (Å²) < 4.78 is 38.8. The molecule has 2 aliphatic heterocycles. The molecule has 2 aliphatic rings. The van der Waals surface area contributed by atoms with Crippen molar-refractivity contribution in [2.75, 3.05) is 26.3 Å². The molecular weight excluding hydrogens is 316 g/mol. The van der Waals surface area contributed by atoms with Crippen LogP contribution in [0.15, 0.2) is 23.1 Å². The zero-order chi connectivity index (χ0) is 16.4. The fourth-order valence-electron chi connectivity index (χ4n) is 3.30. The van der Waals surface area contributed by atoms with Crippen molar-refractivity contribution in [1.82, 2.24) is 4.31 Å². The summed E-state index contributed by atoms with van der Waals surface area (Å²) in [4.78, 5) is 0.245. The summed E-state index contributed by atoms with van der Waals surface area (Å²) in [5.74, 6) is 1.37. The number of sulfonamides is 1. The molecule has 23 heavy (non-hydrogen) atoms. The normalized spacial score (nSPS) is 25.8. The molecule has 2 heterocycles. The number of piperidine rings is 1. The summed E-state index contributed by atoms with van der Waals surface area (Å²) >= 11 is 0. The second kappa shape index (κ2) is 6.67. The summed E-state index contributed by atoms with van der Waals surface area (Å²) in [6, 6.07) is 4.70. The van der Waals surface area contributed by atoms with Crippen LogP contribution in [0.1, 0.15) is 26.2 Å².